The van der Waals surface area contributed by atoms with Gasteiger partial charge in [-0.1, -0.05) is 39.3 Å². The average molecular weight is 412 g/mol. The van der Waals surface area contributed by atoms with E-state index in [9.17, 15) is 9.59 Å². The van der Waals surface area contributed by atoms with Crippen LogP contribution in [-0.2, 0) is 16.1 Å². The van der Waals surface area contributed by atoms with Crippen LogP contribution in [0.4, 0.5) is 0 Å². The SMILES string of the molecule is CCCCNC(=O)c1ccc(CNC(=O)C2(N)CC(OCC)C2(C)C)cc1.Cl. The number of nitrogens with two attached hydrogens (primary N) is 1. The Hall–Kier alpha value is -1.63. The van der Waals surface area contributed by atoms with Crippen molar-refractivity contribution in [1.82, 2.24) is 10.6 Å². The number of benzene rings is 1. The van der Waals surface area contributed by atoms with E-state index in [0.29, 0.717) is 31.7 Å². The summed E-state index contributed by atoms with van der Waals surface area (Å²) >= 11 is 0. The predicted octanol–water partition coefficient (Wildman–Crippen LogP) is 2.79. The number of amides is 2. The van der Waals surface area contributed by atoms with Crippen LogP contribution in [0, 0.1) is 5.41 Å². The van der Waals surface area contributed by atoms with Gasteiger partial charge in [0.1, 0.15) is 5.54 Å². The molecule has 1 aromatic carbocycles. The third-order valence-corrected chi connectivity index (χ3v) is 5.72. The lowest BCUT2D eigenvalue weighted by molar-refractivity contribution is -0.170. The topological polar surface area (TPSA) is 93.5 Å². The molecule has 0 spiro atoms. The van der Waals surface area contributed by atoms with Crippen LogP contribution in [0.25, 0.3) is 0 Å². The maximum atomic E-state index is 12.7. The Labute approximate surface area is 174 Å². The van der Waals surface area contributed by atoms with Crippen molar-refractivity contribution < 1.29 is 14.3 Å². The second-order valence-corrected chi connectivity index (χ2v) is 7.83. The lowest BCUT2D eigenvalue weighted by Crippen LogP contribution is -2.75. The van der Waals surface area contributed by atoms with Crippen LogP contribution >= 0.6 is 12.4 Å². The summed E-state index contributed by atoms with van der Waals surface area (Å²) in [5, 5.41) is 5.82. The minimum absolute atomic E-state index is 0. The van der Waals surface area contributed by atoms with E-state index in [2.05, 4.69) is 17.6 Å². The summed E-state index contributed by atoms with van der Waals surface area (Å²) in [6, 6.07) is 7.26. The molecule has 28 heavy (non-hydrogen) atoms. The summed E-state index contributed by atoms with van der Waals surface area (Å²) in [7, 11) is 0. The Bertz CT molecular complexity index is 663. The van der Waals surface area contributed by atoms with Crippen LogP contribution in [0.15, 0.2) is 24.3 Å². The van der Waals surface area contributed by atoms with Crippen molar-refractivity contribution in [3.05, 3.63) is 35.4 Å². The maximum absolute atomic E-state index is 12.7. The molecule has 158 valence electrons. The molecule has 2 unspecified atom stereocenters. The molecule has 7 heteroatoms. The van der Waals surface area contributed by atoms with E-state index in [1.807, 2.05) is 32.9 Å². The molecule has 0 heterocycles. The van der Waals surface area contributed by atoms with Crippen molar-refractivity contribution in [2.45, 2.75) is 65.1 Å². The molecule has 2 amide bonds. The van der Waals surface area contributed by atoms with E-state index in [0.717, 1.165) is 18.4 Å². The van der Waals surface area contributed by atoms with E-state index >= 15 is 0 Å². The highest BCUT2D eigenvalue weighted by atomic mass is 35.5. The molecule has 0 saturated heterocycles. The minimum atomic E-state index is -0.925. The lowest BCUT2D eigenvalue weighted by Gasteiger charge is -2.57. The molecule has 2 atom stereocenters. The standard InChI is InChI=1S/C21H33N3O3.ClH/c1-5-7-12-23-18(25)16-10-8-15(9-11-16)14-24-19(26)21(22)13-17(27-6-2)20(21,3)4;/h8-11,17H,5-7,12-14,22H2,1-4H3,(H,23,25)(H,24,26);1H. The van der Waals surface area contributed by atoms with Crippen molar-refractivity contribution in [2.75, 3.05) is 13.2 Å². The van der Waals surface area contributed by atoms with Gasteiger partial charge >= 0.3 is 0 Å². The number of rotatable bonds is 9. The molecule has 1 aliphatic rings. The molecule has 0 aliphatic heterocycles. The van der Waals surface area contributed by atoms with Gasteiger partial charge in [-0.25, -0.2) is 0 Å². The Morgan fingerprint density at radius 2 is 1.82 bits per heavy atom. The molecule has 1 saturated carbocycles. The first-order valence-electron chi connectivity index (χ1n) is 9.82. The van der Waals surface area contributed by atoms with E-state index in [1.54, 1.807) is 12.1 Å². The van der Waals surface area contributed by atoms with Crippen LogP contribution in [0.5, 0.6) is 0 Å². The number of halogens is 1. The van der Waals surface area contributed by atoms with E-state index in [-0.39, 0.29) is 30.3 Å². The fourth-order valence-corrected chi connectivity index (χ4v) is 3.42. The third kappa shape index (κ3) is 5.04. The van der Waals surface area contributed by atoms with Gasteiger partial charge in [-0.05, 0) is 31.0 Å². The van der Waals surface area contributed by atoms with Gasteiger partial charge in [0.2, 0.25) is 5.91 Å². The Kier molecular flexibility index (Phi) is 8.92. The second kappa shape index (κ2) is 10.2. The number of ether oxygens (including phenoxy) is 1. The van der Waals surface area contributed by atoms with Crippen LogP contribution in [0.2, 0.25) is 0 Å². The van der Waals surface area contributed by atoms with Crippen LogP contribution < -0.4 is 16.4 Å². The van der Waals surface area contributed by atoms with Gasteiger partial charge in [0.25, 0.3) is 5.91 Å². The number of unbranched alkanes of at least 4 members (excludes halogenated alkanes) is 1. The Balaban J connectivity index is 0.00000392. The van der Waals surface area contributed by atoms with Gasteiger partial charge < -0.3 is 21.1 Å². The fraction of sp³-hybridized carbons (Fsp3) is 0.619. The molecule has 1 aromatic rings. The molecule has 6 nitrogen and oxygen atoms in total. The first-order chi connectivity index (χ1) is 12.8. The molecule has 0 bridgehead atoms. The quantitative estimate of drug-likeness (QED) is 0.544. The second-order valence-electron chi connectivity index (χ2n) is 7.83. The third-order valence-electron chi connectivity index (χ3n) is 5.72. The number of nitrogens with one attached hydrogen (secondary N) is 2. The average Bonchev–Trinajstić information content (AvgIpc) is 2.66. The van der Waals surface area contributed by atoms with E-state index < -0.39 is 11.0 Å². The minimum Gasteiger partial charge on any atom is -0.378 e. The normalized spacial score (nSPS) is 22.5. The van der Waals surface area contributed by atoms with Crippen molar-refractivity contribution in [3.63, 3.8) is 0 Å². The summed E-state index contributed by atoms with van der Waals surface area (Å²) in [5.41, 5.74) is 6.60. The highest BCUT2D eigenvalue weighted by molar-refractivity contribution is 5.94. The zero-order valence-corrected chi connectivity index (χ0v) is 18.2. The van der Waals surface area contributed by atoms with Crippen molar-refractivity contribution in [2.24, 2.45) is 11.1 Å². The highest BCUT2D eigenvalue weighted by Crippen LogP contribution is 2.49. The van der Waals surface area contributed by atoms with Gasteiger partial charge in [0.05, 0.1) is 6.10 Å². The molecule has 4 N–H and O–H groups in total. The monoisotopic (exact) mass is 411 g/mol. The van der Waals surface area contributed by atoms with Crippen molar-refractivity contribution >= 4 is 24.2 Å². The molecule has 0 aromatic heterocycles. The largest absolute Gasteiger partial charge is 0.378 e. The van der Waals surface area contributed by atoms with Gasteiger partial charge in [-0.2, -0.15) is 0 Å². The number of carbonyl (C=O) groups is 2. The number of hydrogen-bond acceptors (Lipinski definition) is 4. The number of hydrogen-bond donors (Lipinski definition) is 3. The fourth-order valence-electron chi connectivity index (χ4n) is 3.42. The van der Waals surface area contributed by atoms with Gasteiger partial charge in [-0.3, -0.25) is 9.59 Å². The Morgan fingerprint density at radius 1 is 1.18 bits per heavy atom. The zero-order chi connectivity index (χ0) is 20.1. The number of carbonyl (C=O) groups excluding carboxylic acids is 2. The van der Waals surface area contributed by atoms with Crippen LogP contribution in [0.3, 0.4) is 0 Å². The molecule has 1 fully saturated rings. The highest BCUT2D eigenvalue weighted by Gasteiger charge is 2.62. The molecule has 2 rings (SSSR count). The summed E-state index contributed by atoms with van der Waals surface area (Å²) in [6.45, 7) is 9.66. The van der Waals surface area contributed by atoms with E-state index in [1.165, 1.54) is 0 Å². The van der Waals surface area contributed by atoms with Gasteiger partial charge in [-0.15, -0.1) is 12.4 Å². The lowest BCUT2D eigenvalue weighted by atomic mass is 9.54. The summed E-state index contributed by atoms with van der Waals surface area (Å²) < 4.78 is 5.67. The first-order valence-corrected chi connectivity index (χ1v) is 9.82. The molecular formula is C21H34ClN3O3. The smallest absolute Gasteiger partial charge is 0.251 e. The van der Waals surface area contributed by atoms with Crippen molar-refractivity contribution in [3.8, 4) is 0 Å². The van der Waals surface area contributed by atoms with E-state index in [4.69, 9.17) is 10.5 Å². The molecule has 0 radical (unpaired) electrons. The van der Waals surface area contributed by atoms with Crippen molar-refractivity contribution in [1.29, 1.82) is 0 Å². The molecular weight excluding hydrogens is 378 g/mol. The maximum Gasteiger partial charge on any atom is 0.251 e. The van der Waals surface area contributed by atoms with Crippen LogP contribution in [0.1, 0.15) is 62.9 Å². The molecule has 1 aliphatic carbocycles. The first kappa shape index (κ1) is 24.4. The predicted molar refractivity (Wildman–Crippen MR) is 114 cm³/mol. The van der Waals surface area contributed by atoms with Gasteiger partial charge in [0, 0.05) is 37.1 Å². The summed E-state index contributed by atoms with van der Waals surface area (Å²) in [5.74, 6) is -0.233. The van der Waals surface area contributed by atoms with Gasteiger partial charge in [0.15, 0.2) is 0 Å². The Morgan fingerprint density at radius 3 is 2.36 bits per heavy atom. The van der Waals surface area contributed by atoms with Crippen LogP contribution in [-0.4, -0.2) is 36.6 Å². The summed E-state index contributed by atoms with van der Waals surface area (Å²) in [6.07, 6.45) is 2.54. The summed E-state index contributed by atoms with van der Waals surface area (Å²) in [4.78, 5) is 24.7. The zero-order valence-electron chi connectivity index (χ0n) is 17.3.